The van der Waals surface area contributed by atoms with Crippen molar-refractivity contribution in [3.05, 3.63) is 70.0 Å². The van der Waals surface area contributed by atoms with E-state index in [2.05, 4.69) is 4.84 Å². The molecule has 0 N–H and O–H groups in total. The minimum absolute atomic E-state index is 0.0326. The Morgan fingerprint density at radius 1 is 1.22 bits per heavy atom. The van der Waals surface area contributed by atoms with Crippen LogP contribution in [0.1, 0.15) is 32.3 Å². The smallest absolute Gasteiger partial charge is 0.313 e. The summed E-state index contributed by atoms with van der Waals surface area (Å²) in [6.45, 7) is 4.44. The Hall–Kier alpha value is -2.96. The summed E-state index contributed by atoms with van der Waals surface area (Å²) in [6.07, 6.45) is 0. The first-order valence-electron chi connectivity index (χ1n) is 8.50. The van der Waals surface area contributed by atoms with Crippen molar-refractivity contribution < 1.29 is 23.8 Å². The van der Waals surface area contributed by atoms with Gasteiger partial charge in [-0.05, 0) is 31.0 Å². The van der Waals surface area contributed by atoms with Gasteiger partial charge in [0.15, 0.2) is 0 Å². The lowest BCUT2D eigenvalue weighted by atomic mass is 9.95. The van der Waals surface area contributed by atoms with Crippen LogP contribution < -0.4 is 0 Å². The molecule has 7 heteroatoms. The van der Waals surface area contributed by atoms with Crippen molar-refractivity contribution in [2.24, 2.45) is 5.41 Å². The van der Waals surface area contributed by atoms with E-state index >= 15 is 0 Å². The molecule has 0 fully saturated rings. The van der Waals surface area contributed by atoms with E-state index in [1.165, 1.54) is 19.9 Å². The molecular weight excluding hydrogens is 353 g/mol. The number of halogens is 1. The molecule has 0 aliphatic heterocycles. The molecule has 27 heavy (non-hydrogen) atoms. The third-order valence-corrected chi connectivity index (χ3v) is 4.19. The summed E-state index contributed by atoms with van der Waals surface area (Å²) in [6, 6.07) is 14.1. The lowest BCUT2D eigenvalue weighted by Gasteiger charge is -2.22. The van der Waals surface area contributed by atoms with Crippen LogP contribution in [-0.4, -0.2) is 24.3 Å². The van der Waals surface area contributed by atoms with Gasteiger partial charge in [-0.3, -0.25) is 4.79 Å². The predicted molar refractivity (Wildman–Crippen MR) is 97.9 cm³/mol. The van der Waals surface area contributed by atoms with Crippen LogP contribution in [0.25, 0.3) is 11.1 Å². The predicted octanol–water partition coefficient (Wildman–Crippen LogP) is 4.37. The summed E-state index contributed by atoms with van der Waals surface area (Å²) in [5.41, 5.74) is 0.823. The van der Waals surface area contributed by atoms with Crippen molar-refractivity contribution in [2.75, 3.05) is 13.2 Å². The maximum atomic E-state index is 14.5. The van der Waals surface area contributed by atoms with Crippen LogP contribution >= 0.6 is 0 Å². The van der Waals surface area contributed by atoms with Crippen molar-refractivity contribution in [1.29, 1.82) is 0 Å². The second-order valence-corrected chi connectivity index (χ2v) is 6.99. The lowest BCUT2D eigenvalue weighted by Crippen LogP contribution is -2.33. The van der Waals surface area contributed by atoms with E-state index < -0.39 is 23.1 Å². The van der Waals surface area contributed by atoms with Gasteiger partial charge in [0, 0.05) is 11.5 Å². The molecule has 0 bridgehead atoms. The molecule has 1 atom stereocenters. The van der Waals surface area contributed by atoms with Crippen LogP contribution in [0.4, 0.5) is 4.39 Å². The maximum absolute atomic E-state index is 14.5. The summed E-state index contributed by atoms with van der Waals surface area (Å²) in [5, 5.41) is 9.33. The van der Waals surface area contributed by atoms with E-state index in [4.69, 9.17) is 4.74 Å². The van der Waals surface area contributed by atoms with Crippen molar-refractivity contribution in [1.82, 2.24) is 0 Å². The first-order valence-corrected chi connectivity index (χ1v) is 8.50. The molecule has 0 saturated carbocycles. The minimum atomic E-state index is -1.16. The molecule has 2 aromatic carbocycles. The maximum Gasteiger partial charge on any atom is 0.313 e. The van der Waals surface area contributed by atoms with Gasteiger partial charge in [0.25, 0.3) is 5.09 Å². The molecule has 0 aliphatic carbocycles. The van der Waals surface area contributed by atoms with Crippen molar-refractivity contribution in [2.45, 2.75) is 26.7 Å². The van der Waals surface area contributed by atoms with Gasteiger partial charge >= 0.3 is 5.97 Å². The SMILES string of the molecule is C[C@H](COC(=O)C(C)(C)CO[N+](=O)[O-])c1ccc(-c2ccccc2)c(F)c1. The van der Waals surface area contributed by atoms with Crippen LogP contribution in [0.3, 0.4) is 0 Å². The van der Waals surface area contributed by atoms with Gasteiger partial charge in [-0.1, -0.05) is 49.4 Å². The number of hydrogen-bond donors (Lipinski definition) is 0. The summed E-state index contributed by atoms with van der Waals surface area (Å²) in [7, 11) is 0. The van der Waals surface area contributed by atoms with Crippen molar-refractivity contribution >= 4 is 5.97 Å². The molecule has 0 radical (unpaired) electrons. The molecular formula is C20H22FNO5. The van der Waals surface area contributed by atoms with Gasteiger partial charge < -0.3 is 9.57 Å². The summed E-state index contributed by atoms with van der Waals surface area (Å²) >= 11 is 0. The van der Waals surface area contributed by atoms with Crippen LogP contribution in [-0.2, 0) is 14.4 Å². The summed E-state index contributed by atoms with van der Waals surface area (Å²) < 4.78 is 19.7. The zero-order valence-corrected chi connectivity index (χ0v) is 15.5. The Morgan fingerprint density at radius 3 is 2.48 bits per heavy atom. The monoisotopic (exact) mass is 375 g/mol. The van der Waals surface area contributed by atoms with E-state index in [-0.39, 0.29) is 18.3 Å². The zero-order chi connectivity index (χ0) is 20.0. The third kappa shape index (κ3) is 5.51. The molecule has 0 aromatic heterocycles. The number of hydrogen-bond acceptors (Lipinski definition) is 5. The summed E-state index contributed by atoms with van der Waals surface area (Å²) in [5.74, 6) is -1.20. The number of nitrogens with zero attached hydrogens (tertiary/aromatic N) is 1. The molecule has 6 nitrogen and oxygen atoms in total. The molecule has 2 aromatic rings. The zero-order valence-electron chi connectivity index (χ0n) is 15.5. The van der Waals surface area contributed by atoms with Crippen LogP contribution in [0, 0.1) is 21.3 Å². The largest absolute Gasteiger partial charge is 0.465 e. The normalized spacial score (nSPS) is 12.3. The highest BCUT2D eigenvalue weighted by molar-refractivity contribution is 5.76. The molecule has 0 amide bonds. The fourth-order valence-corrected chi connectivity index (χ4v) is 2.45. The first kappa shape index (κ1) is 20.4. The van der Waals surface area contributed by atoms with Gasteiger partial charge in [-0.25, -0.2) is 4.39 Å². The average Bonchev–Trinajstić information content (AvgIpc) is 2.64. The van der Waals surface area contributed by atoms with E-state index in [9.17, 15) is 19.3 Å². The van der Waals surface area contributed by atoms with Crippen molar-refractivity contribution in [3.8, 4) is 11.1 Å². The first-order chi connectivity index (χ1) is 12.7. The molecule has 0 saturated heterocycles. The topological polar surface area (TPSA) is 78.7 Å². The van der Waals surface area contributed by atoms with E-state index in [0.29, 0.717) is 11.1 Å². The quantitative estimate of drug-likeness (QED) is 0.389. The molecule has 0 spiro atoms. The van der Waals surface area contributed by atoms with E-state index in [0.717, 1.165) is 5.56 Å². The number of esters is 1. The molecule has 144 valence electrons. The minimum Gasteiger partial charge on any atom is -0.465 e. The number of rotatable bonds is 8. The van der Waals surface area contributed by atoms with Crippen molar-refractivity contribution in [3.63, 3.8) is 0 Å². The second-order valence-electron chi connectivity index (χ2n) is 6.99. The molecule has 0 heterocycles. The highest BCUT2D eigenvalue weighted by Crippen LogP contribution is 2.27. The highest BCUT2D eigenvalue weighted by atomic mass is 19.1. The van der Waals surface area contributed by atoms with Crippen LogP contribution in [0.5, 0.6) is 0 Å². The van der Waals surface area contributed by atoms with Gasteiger partial charge in [0.05, 0.1) is 12.0 Å². The summed E-state index contributed by atoms with van der Waals surface area (Å²) in [4.78, 5) is 26.7. The second kappa shape index (κ2) is 8.62. The van der Waals surface area contributed by atoms with Gasteiger partial charge in [0.1, 0.15) is 12.4 Å². The molecule has 0 aliphatic rings. The Kier molecular flexibility index (Phi) is 6.50. The van der Waals surface area contributed by atoms with Crippen LogP contribution in [0.2, 0.25) is 0 Å². The Morgan fingerprint density at radius 2 is 1.89 bits per heavy atom. The van der Waals surface area contributed by atoms with E-state index in [1.54, 1.807) is 12.1 Å². The lowest BCUT2D eigenvalue weighted by molar-refractivity contribution is -0.760. The van der Waals surface area contributed by atoms with Crippen LogP contribution in [0.15, 0.2) is 48.5 Å². The van der Waals surface area contributed by atoms with Gasteiger partial charge in [-0.15, -0.1) is 10.1 Å². The average molecular weight is 375 g/mol. The number of benzene rings is 2. The number of carbonyl (C=O) groups is 1. The fraction of sp³-hybridized carbons (Fsp3) is 0.350. The molecule has 0 unspecified atom stereocenters. The van der Waals surface area contributed by atoms with Gasteiger partial charge in [0.2, 0.25) is 0 Å². The number of carbonyl (C=O) groups excluding carboxylic acids is 1. The number of ether oxygens (including phenoxy) is 1. The Bertz CT molecular complexity index is 807. The molecule has 2 rings (SSSR count). The van der Waals surface area contributed by atoms with E-state index in [1.807, 2.05) is 37.3 Å². The Balaban J connectivity index is 2.00. The Labute approximate surface area is 157 Å². The third-order valence-electron chi connectivity index (χ3n) is 4.19. The highest BCUT2D eigenvalue weighted by Gasteiger charge is 2.31. The van der Waals surface area contributed by atoms with Gasteiger partial charge in [-0.2, -0.15) is 0 Å². The fourth-order valence-electron chi connectivity index (χ4n) is 2.45. The standard InChI is InChI=1S/C20H22FNO5/c1-14(12-26-19(23)20(2,3)13-27-22(24)25)16-9-10-17(18(21)11-16)15-7-5-4-6-8-15/h4-11,14H,12-13H2,1-3H3/t14-/m1/s1.